The predicted molar refractivity (Wildman–Crippen MR) is 118 cm³/mol. The van der Waals surface area contributed by atoms with E-state index >= 15 is 0 Å². The molecule has 0 aliphatic carbocycles. The number of nitrogens with two attached hydrogens (primary N) is 1. The van der Waals surface area contributed by atoms with Crippen molar-refractivity contribution in [3.8, 4) is 22.5 Å². The molecule has 3 N–H and O–H groups in total. The van der Waals surface area contributed by atoms with E-state index in [4.69, 9.17) is 5.73 Å². The summed E-state index contributed by atoms with van der Waals surface area (Å²) in [5.74, 6) is -0.0759. The third-order valence-electron chi connectivity index (χ3n) is 5.61. The second-order valence-corrected chi connectivity index (χ2v) is 8.25. The van der Waals surface area contributed by atoms with E-state index in [1.807, 2.05) is 37.3 Å². The molecule has 0 bridgehead atoms. The number of aromatic nitrogens is 3. The minimum absolute atomic E-state index is 0.0759. The summed E-state index contributed by atoms with van der Waals surface area (Å²) in [7, 11) is 0. The van der Waals surface area contributed by atoms with Crippen molar-refractivity contribution >= 4 is 16.9 Å². The third-order valence-corrected chi connectivity index (χ3v) is 5.61. The van der Waals surface area contributed by atoms with Crippen molar-refractivity contribution in [2.45, 2.75) is 18.9 Å². The number of fused-ring (bicyclic) bond motifs is 1. The number of nitrogens with one attached hydrogen (secondary N) is 1. The molecule has 3 aromatic heterocycles. The standard InChI is InChI=1S/C24H23N5O/c1-24(25)10-11-29(15-24)23(30)20-9-5-8-19(27-20)18-12-17-13-21(28-22(17)26-14-18)16-6-3-2-4-7-16/h2-9,12-14H,10-11,15,25H2,1H3,(H,26,28). The van der Waals surface area contributed by atoms with E-state index in [1.54, 1.807) is 17.2 Å². The topological polar surface area (TPSA) is 87.9 Å². The Morgan fingerprint density at radius 3 is 2.70 bits per heavy atom. The number of hydrogen-bond donors (Lipinski definition) is 2. The van der Waals surface area contributed by atoms with Gasteiger partial charge in [0.05, 0.1) is 5.69 Å². The number of hydrogen-bond acceptors (Lipinski definition) is 4. The van der Waals surface area contributed by atoms with Gasteiger partial charge in [-0.05, 0) is 43.2 Å². The normalized spacial score (nSPS) is 18.8. The van der Waals surface area contributed by atoms with Gasteiger partial charge in [0.2, 0.25) is 0 Å². The van der Waals surface area contributed by atoms with Crippen LogP contribution >= 0.6 is 0 Å². The summed E-state index contributed by atoms with van der Waals surface area (Å²) in [6.07, 6.45) is 2.59. The van der Waals surface area contributed by atoms with Gasteiger partial charge in [0.25, 0.3) is 5.91 Å². The molecule has 4 heterocycles. The van der Waals surface area contributed by atoms with E-state index in [0.717, 1.165) is 40.0 Å². The molecule has 0 saturated carbocycles. The molecule has 1 fully saturated rings. The van der Waals surface area contributed by atoms with Crippen molar-refractivity contribution in [3.05, 3.63) is 72.6 Å². The maximum Gasteiger partial charge on any atom is 0.272 e. The number of amides is 1. The van der Waals surface area contributed by atoms with Gasteiger partial charge >= 0.3 is 0 Å². The Balaban J connectivity index is 1.45. The lowest BCUT2D eigenvalue weighted by molar-refractivity contribution is 0.0779. The van der Waals surface area contributed by atoms with Crippen LogP contribution in [-0.4, -0.2) is 44.4 Å². The molecule has 1 atom stereocenters. The van der Waals surface area contributed by atoms with Crippen LogP contribution in [0.3, 0.4) is 0 Å². The summed E-state index contributed by atoms with van der Waals surface area (Å²) in [4.78, 5) is 27.2. The maximum atomic E-state index is 12.9. The molecule has 4 aromatic rings. The van der Waals surface area contributed by atoms with Crippen molar-refractivity contribution in [1.29, 1.82) is 0 Å². The van der Waals surface area contributed by atoms with Crippen LogP contribution in [0.1, 0.15) is 23.8 Å². The summed E-state index contributed by atoms with van der Waals surface area (Å²) >= 11 is 0. The molecule has 30 heavy (non-hydrogen) atoms. The molecule has 1 saturated heterocycles. The zero-order valence-electron chi connectivity index (χ0n) is 16.8. The van der Waals surface area contributed by atoms with E-state index in [0.29, 0.717) is 18.8 Å². The van der Waals surface area contributed by atoms with E-state index in [2.05, 4.69) is 39.2 Å². The highest BCUT2D eigenvalue weighted by molar-refractivity contribution is 5.93. The average molecular weight is 397 g/mol. The molecule has 1 amide bonds. The van der Waals surface area contributed by atoms with Crippen molar-refractivity contribution in [2.24, 2.45) is 5.73 Å². The number of nitrogens with zero attached hydrogens (tertiary/aromatic N) is 3. The number of benzene rings is 1. The van der Waals surface area contributed by atoms with E-state index in [9.17, 15) is 4.79 Å². The summed E-state index contributed by atoms with van der Waals surface area (Å²) < 4.78 is 0. The Kier molecular flexibility index (Phi) is 4.37. The number of H-pyrrole nitrogens is 1. The number of carbonyl (C=O) groups is 1. The van der Waals surface area contributed by atoms with Gasteiger partial charge in [0, 0.05) is 41.5 Å². The summed E-state index contributed by atoms with van der Waals surface area (Å²) in [6, 6.07) is 19.8. The van der Waals surface area contributed by atoms with Crippen LogP contribution in [0.2, 0.25) is 0 Å². The Morgan fingerprint density at radius 1 is 1.10 bits per heavy atom. The molecular weight excluding hydrogens is 374 g/mol. The first-order chi connectivity index (χ1) is 14.5. The Hall–Kier alpha value is -3.51. The molecule has 1 aliphatic heterocycles. The van der Waals surface area contributed by atoms with Crippen LogP contribution in [0.4, 0.5) is 0 Å². The molecule has 0 radical (unpaired) electrons. The number of pyridine rings is 2. The van der Waals surface area contributed by atoms with Crippen molar-refractivity contribution in [3.63, 3.8) is 0 Å². The van der Waals surface area contributed by atoms with Gasteiger partial charge in [0.15, 0.2) is 0 Å². The zero-order valence-corrected chi connectivity index (χ0v) is 16.8. The van der Waals surface area contributed by atoms with Crippen molar-refractivity contribution in [2.75, 3.05) is 13.1 Å². The first kappa shape index (κ1) is 18.5. The molecule has 6 nitrogen and oxygen atoms in total. The number of likely N-dealkylation sites (tertiary alicyclic amines) is 1. The van der Waals surface area contributed by atoms with Gasteiger partial charge in [0.1, 0.15) is 11.3 Å². The second-order valence-electron chi connectivity index (χ2n) is 8.25. The fourth-order valence-corrected chi connectivity index (χ4v) is 3.96. The van der Waals surface area contributed by atoms with Gasteiger partial charge < -0.3 is 15.6 Å². The lowest BCUT2D eigenvalue weighted by Crippen LogP contribution is -2.40. The molecule has 1 aromatic carbocycles. The molecule has 0 spiro atoms. The first-order valence-corrected chi connectivity index (χ1v) is 10.1. The lowest BCUT2D eigenvalue weighted by atomic mass is 10.0. The fourth-order valence-electron chi connectivity index (χ4n) is 3.96. The predicted octanol–water partition coefficient (Wildman–Crippen LogP) is 3.86. The van der Waals surface area contributed by atoms with E-state index < -0.39 is 0 Å². The molecule has 1 aliphatic rings. The van der Waals surface area contributed by atoms with Crippen LogP contribution in [-0.2, 0) is 0 Å². The SMILES string of the molecule is CC1(N)CCN(C(=O)c2cccc(-c3cnc4[nH]c(-c5ccccc5)cc4c3)n2)C1. The highest BCUT2D eigenvalue weighted by atomic mass is 16.2. The second kappa shape index (κ2) is 7.07. The number of rotatable bonds is 3. The van der Waals surface area contributed by atoms with E-state index in [-0.39, 0.29) is 11.4 Å². The van der Waals surface area contributed by atoms with Crippen LogP contribution in [0.5, 0.6) is 0 Å². The molecule has 1 unspecified atom stereocenters. The minimum atomic E-state index is -0.326. The molecule has 5 rings (SSSR count). The van der Waals surface area contributed by atoms with Crippen LogP contribution in [0.15, 0.2) is 66.9 Å². The summed E-state index contributed by atoms with van der Waals surface area (Å²) in [5, 5.41) is 1.00. The Morgan fingerprint density at radius 2 is 1.93 bits per heavy atom. The van der Waals surface area contributed by atoms with E-state index in [1.165, 1.54) is 0 Å². The molecule has 150 valence electrons. The number of aromatic amines is 1. The molecular formula is C24H23N5O. The average Bonchev–Trinajstić information content (AvgIpc) is 3.36. The van der Waals surface area contributed by atoms with Gasteiger partial charge in [-0.2, -0.15) is 0 Å². The van der Waals surface area contributed by atoms with Crippen molar-refractivity contribution in [1.82, 2.24) is 19.9 Å². The zero-order chi connectivity index (χ0) is 20.7. The van der Waals surface area contributed by atoms with Crippen LogP contribution in [0, 0.1) is 0 Å². The third kappa shape index (κ3) is 3.46. The van der Waals surface area contributed by atoms with Gasteiger partial charge in [-0.15, -0.1) is 0 Å². The lowest BCUT2D eigenvalue weighted by Gasteiger charge is -2.19. The fraction of sp³-hybridized carbons (Fsp3) is 0.208. The monoisotopic (exact) mass is 397 g/mol. The highest BCUT2D eigenvalue weighted by Crippen LogP contribution is 2.27. The maximum absolute atomic E-state index is 12.9. The van der Waals surface area contributed by atoms with Gasteiger partial charge in [-0.1, -0.05) is 36.4 Å². The number of carbonyl (C=O) groups excluding carboxylic acids is 1. The largest absolute Gasteiger partial charge is 0.339 e. The highest BCUT2D eigenvalue weighted by Gasteiger charge is 2.33. The summed E-state index contributed by atoms with van der Waals surface area (Å²) in [5.41, 5.74) is 10.8. The van der Waals surface area contributed by atoms with Gasteiger partial charge in [-0.3, -0.25) is 4.79 Å². The minimum Gasteiger partial charge on any atom is -0.339 e. The smallest absolute Gasteiger partial charge is 0.272 e. The Labute approximate surface area is 174 Å². The van der Waals surface area contributed by atoms with Gasteiger partial charge in [-0.25, -0.2) is 9.97 Å². The van der Waals surface area contributed by atoms with Crippen molar-refractivity contribution < 1.29 is 4.79 Å². The van der Waals surface area contributed by atoms with Crippen LogP contribution in [0.25, 0.3) is 33.5 Å². The quantitative estimate of drug-likeness (QED) is 0.550. The first-order valence-electron chi connectivity index (χ1n) is 10.1. The van der Waals surface area contributed by atoms with Crippen LogP contribution < -0.4 is 5.73 Å². The molecule has 6 heteroatoms. The Bertz CT molecular complexity index is 1230. The summed E-state index contributed by atoms with van der Waals surface area (Å²) in [6.45, 7) is 3.19.